The molecule has 1 atom stereocenters. The molecule has 1 heterocycles. The second kappa shape index (κ2) is 9.42. The largest absolute Gasteiger partial charge is 0.389 e. The summed E-state index contributed by atoms with van der Waals surface area (Å²) in [5, 5.41) is 10.0. The first kappa shape index (κ1) is 18.5. The fraction of sp³-hybridized carbons (Fsp3) is 0.400. The van der Waals surface area contributed by atoms with Gasteiger partial charge in [-0.25, -0.2) is 0 Å². The zero-order valence-corrected chi connectivity index (χ0v) is 14.7. The smallest absolute Gasteiger partial charge is 0.0900 e. The van der Waals surface area contributed by atoms with Gasteiger partial charge in [-0.2, -0.15) is 0 Å². The molecule has 0 aliphatic heterocycles. The van der Waals surface area contributed by atoms with Crippen molar-refractivity contribution in [3.05, 3.63) is 72.1 Å². The van der Waals surface area contributed by atoms with Crippen molar-refractivity contribution in [1.29, 1.82) is 0 Å². The van der Waals surface area contributed by atoms with Gasteiger partial charge in [0.15, 0.2) is 0 Å². The number of aliphatic hydroxyl groups excluding tert-OH is 1. The molecule has 0 spiro atoms. The van der Waals surface area contributed by atoms with Crippen molar-refractivity contribution in [3.63, 3.8) is 0 Å². The number of benzene rings is 1. The predicted molar refractivity (Wildman–Crippen MR) is 98.1 cm³/mol. The number of aryl methyl sites for hydroxylation is 1. The Labute approximate surface area is 145 Å². The maximum absolute atomic E-state index is 10.0. The van der Waals surface area contributed by atoms with Gasteiger partial charge in [0.2, 0.25) is 0 Å². The molecule has 4 nitrogen and oxygen atoms in total. The lowest BCUT2D eigenvalue weighted by atomic mass is 10.1. The lowest BCUT2D eigenvalue weighted by Crippen LogP contribution is -2.35. The van der Waals surface area contributed by atoms with Gasteiger partial charge in [0.1, 0.15) is 0 Å². The second-order valence-electron chi connectivity index (χ2n) is 6.15. The summed E-state index contributed by atoms with van der Waals surface area (Å²) in [7, 11) is 1.61. The highest BCUT2D eigenvalue weighted by atomic mass is 16.5. The van der Waals surface area contributed by atoms with Crippen LogP contribution in [0.25, 0.3) is 0 Å². The molecule has 0 aliphatic rings. The molecule has 0 saturated carbocycles. The number of hydrogen-bond acceptors (Lipinski definition) is 3. The lowest BCUT2D eigenvalue weighted by Gasteiger charge is -2.24. The van der Waals surface area contributed by atoms with Crippen LogP contribution in [-0.4, -0.2) is 47.5 Å². The highest BCUT2D eigenvalue weighted by Gasteiger charge is 2.13. The Hall–Kier alpha value is -1.88. The molecule has 0 saturated heterocycles. The van der Waals surface area contributed by atoms with E-state index in [1.807, 2.05) is 6.08 Å². The number of aliphatic hydroxyl groups is 1. The van der Waals surface area contributed by atoms with Crippen LogP contribution in [0.3, 0.4) is 0 Å². The van der Waals surface area contributed by atoms with Crippen LogP contribution >= 0.6 is 0 Å². The molecule has 2 aromatic rings. The van der Waals surface area contributed by atoms with E-state index in [0.717, 1.165) is 19.6 Å². The summed E-state index contributed by atoms with van der Waals surface area (Å²) in [6.07, 6.45) is 3.49. The predicted octanol–water partition coefficient (Wildman–Crippen LogP) is 2.84. The maximum atomic E-state index is 10.0. The molecule has 0 aliphatic carbocycles. The summed E-state index contributed by atoms with van der Waals surface area (Å²) in [5.41, 5.74) is 3.85. The van der Waals surface area contributed by atoms with Gasteiger partial charge in [-0.05, 0) is 30.2 Å². The molecule has 0 radical (unpaired) electrons. The van der Waals surface area contributed by atoms with Gasteiger partial charge >= 0.3 is 0 Å². The van der Waals surface area contributed by atoms with Crippen molar-refractivity contribution < 1.29 is 9.84 Å². The van der Waals surface area contributed by atoms with Crippen LogP contribution in [0.5, 0.6) is 0 Å². The van der Waals surface area contributed by atoms with Crippen molar-refractivity contribution in [2.45, 2.75) is 26.1 Å². The van der Waals surface area contributed by atoms with E-state index in [1.165, 1.54) is 16.8 Å². The maximum Gasteiger partial charge on any atom is 0.0900 e. The third-order valence-corrected chi connectivity index (χ3v) is 4.13. The number of rotatable bonds is 10. The van der Waals surface area contributed by atoms with Gasteiger partial charge in [-0.1, -0.05) is 30.3 Å². The van der Waals surface area contributed by atoms with E-state index >= 15 is 0 Å². The minimum Gasteiger partial charge on any atom is -0.389 e. The van der Waals surface area contributed by atoms with Crippen LogP contribution in [-0.2, 0) is 17.8 Å². The van der Waals surface area contributed by atoms with Crippen LogP contribution in [0.2, 0.25) is 0 Å². The van der Waals surface area contributed by atoms with Gasteiger partial charge in [0, 0.05) is 45.2 Å². The third kappa shape index (κ3) is 5.34. The fourth-order valence-corrected chi connectivity index (χ4v) is 2.88. The van der Waals surface area contributed by atoms with Crippen molar-refractivity contribution >= 4 is 0 Å². The highest BCUT2D eigenvalue weighted by molar-refractivity contribution is 5.26. The van der Waals surface area contributed by atoms with Crippen molar-refractivity contribution in [3.8, 4) is 0 Å². The average molecular weight is 328 g/mol. The van der Waals surface area contributed by atoms with Crippen LogP contribution in [0.4, 0.5) is 0 Å². The Morgan fingerprint density at radius 1 is 1.29 bits per heavy atom. The number of methoxy groups -OCH3 is 1. The average Bonchev–Trinajstić information content (AvgIpc) is 2.97. The summed E-state index contributed by atoms with van der Waals surface area (Å²) in [6, 6.07) is 12.7. The van der Waals surface area contributed by atoms with E-state index in [-0.39, 0.29) is 0 Å². The molecule has 1 unspecified atom stereocenters. The summed E-state index contributed by atoms with van der Waals surface area (Å²) in [5.74, 6) is 0. The molecule has 1 aromatic carbocycles. The first-order valence-electron chi connectivity index (χ1n) is 8.32. The number of nitrogens with zero attached hydrogens (tertiary/aromatic N) is 2. The van der Waals surface area contributed by atoms with Crippen molar-refractivity contribution in [1.82, 2.24) is 9.47 Å². The van der Waals surface area contributed by atoms with E-state index in [1.54, 1.807) is 7.11 Å². The quantitative estimate of drug-likeness (QED) is 0.682. The first-order chi connectivity index (χ1) is 11.6. The van der Waals surface area contributed by atoms with Crippen LogP contribution in [0.1, 0.15) is 16.8 Å². The molecule has 0 fully saturated rings. The zero-order valence-electron chi connectivity index (χ0n) is 14.7. The van der Waals surface area contributed by atoms with Crippen molar-refractivity contribution in [2.75, 3.05) is 26.8 Å². The monoisotopic (exact) mass is 328 g/mol. The normalized spacial score (nSPS) is 12.5. The molecule has 1 aromatic heterocycles. The highest BCUT2D eigenvalue weighted by Crippen LogP contribution is 2.14. The Balaban J connectivity index is 2.07. The number of aromatic nitrogens is 1. The zero-order chi connectivity index (χ0) is 17.4. The molecule has 4 heteroatoms. The molecule has 0 amide bonds. The van der Waals surface area contributed by atoms with Gasteiger partial charge in [-0.15, -0.1) is 6.58 Å². The lowest BCUT2D eigenvalue weighted by molar-refractivity contribution is 0.0381. The Morgan fingerprint density at radius 3 is 2.79 bits per heavy atom. The molecule has 1 N–H and O–H groups in total. The van der Waals surface area contributed by atoms with Gasteiger partial charge < -0.3 is 14.4 Å². The minimum atomic E-state index is -0.491. The van der Waals surface area contributed by atoms with Gasteiger partial charge in [0.25, 0.3) is 0 Å². The van der Waals surface area contributed by atoms with E-state index in [0.29, 0.717) is 13.2 Å². The Kier molecular flexibility index (Phi) is 7.25. The van der Waals surface area contributed by atoms with Crippen LogP contribution in [0.15, 0.2) is 55.3 Å². The van der Waals surface area contributed by atoms with E-state index in [4.69, 9.17) is 4.74 Å². The first-order valence-corrected chi connectivity index (χ1v) is 8.32. The van der Waals surface area contributed by atoms with Crippen molar-refractivity contribution in [2.24, 2.45) is 0 Å². The number of ether oxygens (including phenoxy) is 1. The summed E-state index contributed by atoms with van der Waals surface area (Å²) in [6.45, 7) is 9.24. The number of hydrogen-bond donors (Lipinski definition) is 1. The Morgan fingerprint density at radius 2 is 2.08 bits per heavy atom. The third-order valence-electron chi connectivity index (χ3n) is 4.13. The van der Waals surface area contributed by atoms with Gasteiger partial charge in [0.05, 0.1) is 12.7 Å². The SMILES string of the molecule is C=CCN(Cc1cccn1Cc1ccccc1C)CC(O)COC. The second-order valence-corrected chi connectivity index (χ2v) is 6.15. The van der Waals surface area contributed by atoms with Gasteiger partial charge in [-0.3, -0.25) is 4.90 Å². The Bertz CT molecular complexity index is 636. The van der Waals surface area contributed by atoms with E-state index in [9.17, 15) is 5.11 Å². The molecule has 2 rings (SSSR count). The topological polar surface area (TPSA) is 37.6 Å². The molecular weight excluding hydrogens is 300 g/mol. The fourth-order valence-electron chi connectivity index (χ4n) is 2.88. The van der Waals surface area contributed by atoms with E-state index in [2.05, 4.69) is 65.6 Å². The van der Waals surface area contributed by atoms with Crippen LogP contribution in [0, 0.1) is 6.92 Å². The minimum absolute atomic E-state index is 0.345. The molecule has 0 bridgehead atoms. The van der Waals surface area contributed by atoms with Crippen LogP contribution < -0.4 is 0 Å². The standard InChI is InChI=1S/C20H28N2O2/c1-4-11-21(15-20(23)16-24-3)14-19-10-7-12-22(19)13-18-9-6-5-8-17(18)2/h4-10,12,20,23H,1,11,13-16H2,2-3H3. The molecule has 24 heavy (non-hydrogen) atoms. The van der Waals surface area contributed by atoms with E-state index < -0.39 is 6.10 Å². The summed E-state index contributed by atoms with van der Waals surface area (Å²) < 4.78 is 7.29. The molecular formula is C20H28N2O2. The summed E-state index contributed by atoms with van der Waals surface area (Å²) >= 11 is 0. The summed E-state index contributed by atoms with van der Waals surface area (Å²) in [4.78, 5) is 2.18. The molecule has 130 valence electrons.